The van der Waals surface area contributed by atoms with Gasteiger partial charge in [0.05, 0.1) is 0 Å². The lowest BCUT2D eigenvalue weighted by Gasteiger charge is -2.11. The molecular weight excluding hydrogens is 264 g/mol. The quantitative estimate of drug-likeness (QED) is 0.834. The normalized spacial score (nSPS) is 10.1. The SMILES string of the molecule is Cc1cc(C)cc(NC(=S)NCCc2ccccc2)c1. The first-order chi connectivity index (χ1) is 9.63. The topological polar surface area (TPSA) is 24.1 Å². The van der Waals surface area contributed by atoms with Gasteiger partial charge in [0.25, 0.3) is 0 Å². The number of thiocarbonyl (C=S) groups is 1. The van der Waals surface area contributed by atoms with Crippen LogP contribution in [0.1, 0.15) is 16.7 Å². The third-order valence-corrected chi connectivity index (χ3v) is 3.27. The third-order valence-electron chi connectivity index (χ3n) is 3.02. The molecular formula is C17H20N2S. The molecule has 0 atom stereocenters. The van der Waals surface area contributed by atoms with Crippen molar-refractivity contribution in [3.05, 3.63) is 65.2 Å². The second-order valence-electron chi connectivity index (χ2n) is 4.99. The summed E-state index contributed by atoms with van der Waals surface area (Å²) in [5.41, 5.74) is 4.83. The standard InChI is InChI=1S/C17H20N2S/c1-13-10-14(2)12-16(11-13)19-17(20)18-9-8-15-6-4-3-5-7-15/h3-7,10-12H,8-9H2,1-2H3,(H2,18,19,20). The maximum atomic E-state index is 5.32. The van der Waals surface area contributed by atoms with Crippen LogP contribution in [0.4, 0.5) is 5.69 Å². The summed E-state index contributed by atoms with van der Waals surface area (Å²) in [4.78, 5) is 0. The summed E-state index contributed by atoms with van der Waals surface area (Å²) in [7, 11) is 0. The van der Waals surface area contributed by atoms with Crippen molar-refractivity contribution in [2.45, 2.75) is 20.3 Å². The van der Waals surface area contributed by atoms with Gasteiger partial charge in [-0.25, -0.2) is 0 Å². The van der Waals surface area contributed by atoms with Gasteiger partial charge >= 0.3 is 0 Å². The molecule has 0 bridgehead atoms. The fourth-order valence-electron chi connectivity index (χ4n) is 2.19. The molecule has 0 aliphatic carbocycles. The summed E-state index contributed by atoms with van der Waals surface area (Å²) in [5.74, 6) is 0. The predicted molar refractivity (Wildman–Crippen MR) is 90.3 cm³/mol. The zero-order valence-corrected chi connectivity index (χ0v) is 12.8. The van der Waals surface area contributed by atoms with E-state index in [2.05, 4.69) is 66.9 Å². The summed E-state index contributed by atoms with van der Waals surface area (Å²) < 4.78 is 0. The van der Waals surface area contributed by atoms with Crippen LogP contribution >= 0.6 is 12.2 Å². The van der Waals surface area contributed by atoms with Gasteiger partial charge in [0.1, 0.15) is 0 Å². The van der Waals surface area contributed by atoms with Crippen molar-refractivity contribution < 1.29 is 0 Å². The molecule has 0 heterocycles. The van der Waals surface area contributed by atoms with Crippen LogP contribution in [0.5, 0.6) is 0 Å². The number of benzene rings is 2. The maximum Gasteiger partial charge on any atom is 0.170 e. The Balaban J connectivity index is 1.81. The molecule has 0 saturated carbocycles. The molecule has 2 nitrogen and oxygen atoms in total. The van der Waals surface area contributed by atoms with E-state index in [-0.39, 0.29) is 0 Å². The van der Waals surface area contributed by atoms with E-state index in [1.165, 1.54) is 16.7 Å². The molecule has 2 rings (SSSR count). The van der Waals surface area contributed by atoms with Gasteiger partial charge in [-0.2, -0.15) is 0 Å². The lowest BCUT2D eigenvalue weighted by atomic mass is 10.1. The molecule has 0 amide bonds. The highest BCUT2D eigenvalue weighted by Gasteiger charge is 1.99. The minimum atomic E-state index is 0.672. The van der Waals surface area contributed by atoms with Crippen LogP contribution in [-0.2, 0) is 6.42 Å². The highest BCUT2D eigenvalue weighted by atomic mass is 32.1. The minimum Gasteiger partial charge on any atom is -0.362 e. The van der Waals surface area contributed by atoms with E-state index in [0.29, 0.717) is 5.11 Å². The summed E-state index contributed by atoms with van der Waals surface area (Å²) in [6, 6.07) is 16.7. The molecule has 0 unspecified atom stereocenters. The van der Waals surface area contributed by atoms with E-state index < -0.39 is 0 Å². The second-order valence-corrected chi connectivity index (χ2v) is 5.40. The van der Waals surface area contributed by atoms with Crippen LogP contribution in [0.2, 0.25) is 0 Å². The summed E-state index contributed by atoms with van der Waals surface area (Å²) in [5, 5.41) is 7.14. The van der Waals surface area contributed by atoms with Crippen LogP contribution in [-0.4, -0.2) is 11.7 Å². The Hall–Kier alpha value is -1.87. The zero-order chi connectivity index (χ0) is 14.4. The first-order valence-corrected chi connectivity index (χ1v) is 7.21. The van der Waals surface area contributed by atoms with Crippen LogP contribution in [0, 0.1) is 13.8 Å². The van der Waals surface area contributed by atoms with Gasteiger partial charge in [0, 0.05) is 12.2 Å². The van der Waals surface area contributed by atoms with E-state index in [1.807, 2.05) is 6.07 Å². The van der Waals surface area contributed by atoms with Crippen LogP contribution in [0.3, 0.4) is 0 Å². The number of rotatable bonds is 4. The van der Waals surface area contributed by atoms with Crippen molar-refractivity contribution in [2.24, 2.45) is 0 Å². The van der Waals surface area contributed by atoms with Crippen molar-refractivity contribution in [2.75, 3.05) is 11.9 Å². The number of hydrogen-bond acceptors (Lipinski definition) is 1. The number of anilines is 1. The van der Waals surface area contributed by atoms with E-state index in [4.69, 9.17) is 12.2 Å². The average molecular weight is 284 g/mol. The molecule has 3 heteroatoms. The first-order valence-electron chi connectivity index (χ1n) is 6.80. The van der Waals surface area contributed by atoms with Crippen LogP contribution < -0.4 is 10.6 Å². The Morgan fingerprint density at radius 2 is 1.65 bits per heavy atom. The van der Waals surface area contributed by atoms with Gasteiger partial charge in [0.15, 0.2) is 5.11 Å². The molecule has 2 aromatic carbocycles. The van der Waals surface area contributed by atoms with Crippen molar-refractivity contribution in [1.82, 2.24) is 5.32 Å². The van der Waals surface area contributed by atoms with Gasteiger partial charge in [0.2, 0.25) is 0 Å². The number of nitrogens with one attached hydrogen (secondary N) is 2. The fourth-order valence-corrected chi connectivity index (χ4v) is 2.41. The van der Waals surface area contributed by atoms with Gasteiger partial charge in [-0.1, -0.05) is 36.4 Å². The van der Waals surface area contributed by atoms with Gasteiger partial charge in [-0.3, -0.25) is 0 Å². The Labute approximate surface area is 126 Å². The maximum absolute atomic E-state index is 5.32. The lowest BCUT2D eigenvalue weighted by Crippen LogP contribution is -2.30. The molecule has 2 N–H and O–H groups in total. The zero-order valence-electron chi connectivity index (χ0n) is 11.9. The molecule has 0 aliphatic rings. The molecule has 0 saturated heterocycles. The Kier molecular flexibility index (Phi) is 5.13. The smallest absolute Gasteiger partial charge is 0.170 e. The van der Waals surface area contributed by atoms with E-state index in [0.717, 1.165) is 18.7 Å². The van der Waals surface area contributed by atoms with E-state index in [1.54, 1.807) is 0 Å². The molecule has 0 fully saturated rings. The molecule has 20 heavy (non-hydrogen) atoms. The molecule has 2 aromatic rings. The monoisotopic (exact) mass is 284 g/mol. The van der Waals surface area contributed by atoms with E-state index >= 15 is 0 Å². The fraction of sp³-hybridized carbons (Fsp3) is 0.235. The largest absolute Gasteiger partial charge is 0.362 e. The van der Waals surface area contributed by atoms with Crippen molar-refractivity contribution in [3.63, 3.8) is 0 Å². The van der Waals surface area contributed by atoms with Crippen LogP contribution in [0.25, 0.3) is 0 Å². The van der Waals surface area contributed by atoms with Gasteiger partial charge in [-0.05, 0) is 61.3 Å². The van der Waals surface area contributed by atoms with Crippen LogP contribution in [0.15, 0.2) is 48.5 Å². The molecule has 104 valence electrons. The van der Waals surface area contributed by atoms with Crippen molar-refractivity contribution >= 4 is 23.0 Å². The average Bonchev–Trinajstić information content (AvgIpc) is 2.38. The van der Waals surface area contributed by atoms with Crippen molar-refractivity contribution in [3.8, 4) is 0 Å². The Morgan fingerprint density at radius 1 is 1.00 bits per heavy atom. The molecule has 0 aromatic heterocycles. The van der Waals surface area contributed by atoms with Gasteiger partial charge in [-0.15, -0.1) is 0 Å². The van der Waals surface area contributed by atoms with Crippen molar-refractivity contribution in [1.29, 1.82) is 0 Å². The second kappa shape index (κ2) is 7.06. The Morgan fingerprint density at radius 3 is 2.30 bits per heavy atom. The first kappa shape index (κ1) is 14.5. The third kappa shape index (κ3) is 4.67. The van der Waals surface area contributed by atoms with Gasteiger partial charge < -0.3 is 10.6 Å². The molecule has 0 spiro atoms. The van der Waals surface area contributed by atoms with E-state index in [9.17, 15) is 0 Å². The molecule has 0 aliphatic heterocycles. The molecule has 0 radical (unpaired) electrons. The number of hydrogen-bond donors (Lipinski definition) is 2. The minimum absolute atomic E-state index is 0.672. The number of aryl methyl sites for hydroxylation is 2. The lowest BCUT2D eigenvalue weighted by molar-refractivity contribution is 0.873. The predicted octanol–water partition coefficient (Wildman–Crippen LogP) is 3.83. The highest BCUT2D eigenvalue weighted by Crippen LogP contribution is 2.13. The Bertz CT molecular complexity index is 559. The summed E-state index contributed by atoms with van der Waals surface area (Å²) in [6.45, 7) is 5.01. The summed E-state index contributed by atoms with van der Waals surface area (Å²) >= 11 is 5.32. The highest BCUT2D eigenvalue weighted by molar-refractivity contribution is 7.80. The summed E-state index contributed by atoms with van der Waals surface area (Å²) in [6.07, 6.45) is 0.968.